The number of benzene rings is 1. The summed E-state index contributed by atoms with van der Waals surface area (Å²) in [5.41, 5.74) is 1.14. The zero-order valence-corrected chi connectivity index (χ0v) is 18.3. The highest BCUT2D eigenvalue weighted by molar-refractivity contribution is 6.31. The van der Waals surface area contributed by atoms with Gasteiger partial charge in [0.1, 0.15) is 5.69 Å². The summed E-state index contributed by atoms with van der Waals surface area (Å²) >= 11 is 6.09. The van der Waals surface area contributed by atoms with Gasteiger partial charge in [-0.25, -0.2) is 4.98 Å². The van der Waals surface area contributed by atoms with Gasteiger partial charge in [0.25, 0.3) is 5.91 Å². The Balaban J connectivity index is 1.53. The molecule has 1 saturated carbocycles. The van der Waals surface area contributed by atoms with Crippen LogP contribution in [-0.2, 0) is 12.6 Å². The lowest BCUT2D eigenvalue weighted by atomic mass is 9.90. The monoisotopic (exact) mass is 464 g/mol. The van der Waals surface area contributed by atoms with Gasteiger partial charge in [0.2, 0.25) is 0 Å². The zero-order chi connectivity index (χ0) is 22.9. The number of fused-ring (bicyclic) bond motifs is 1. The quantitative estimate of drug-likeness (QED) is 0.437. The lowest BCUT2D eigenvalue weighted by Crippen LogP contribution is -2.42. The number of carbonyl (C=O) groups excluding carboxylic acids is 1. The minimum Gasteiger partial charge on any atom is -0.382 e. The van der Waals surface area contributed by atoms with E-state index in [9.17, 15) is 18.0 Å². The summed E-state index contributed by atoms with van der Waals surface area (Å²) in [6, 6.07) is 7.28. The molecule has 9 heteroatoms. The normalized spacial score (nSPS) is 19.2. The van der Waals surface area contributed by atoms with Crippen LogP contribution in [0.15, 0.2) is 36.5 Å². The average Bonchev–Trinajstić information content (AvgIpc) is 3.22. The van der Waals surface area contributed by atoms with Crippen LogP contribution in [0.4, 0.5) is 18.9 Å². The van der Waals surface area contributed by atoms with E-state index >= 15 is 0 Å². The summed E-state index contributed by atoms with van der Waals surface area (Å²) in [6.45, 7) is 1.98. The first-order valence-electron chi connectivity index (χ1n) is 10.7. The fourth-order valence-electron chi connectivity index (χ4n) is 4.31. The molecule has 4 rings (SSSR count). The molecular weight excluding hydrogens is 441 g/mol. The van der Waals surface area contributed by atoms with Crippen molar-refractivity contribution < 1.29 is 18.0 Å². The second-order valence-corrected chi connectivity index (χ2v) is 8.55. The number of H-pyrrole nitrogens is 1. The van der Waals surface area contributed by atoms with Crippen LogP contribution in [0.5, 0.6) is 0 Å². The van der Waals surface area contributed by atoms with E-state index in [1.165, 1.54) is 12.1 Å². The van der Waals surface area contributed by atoms with Crippen LogP contribution in [-0.4, -0.2) is 28.0 Å². The van der Waals surface area contributed by atoms with Gasteiger partial charge in [-0.15, -0.1) is 0 Å². The molecule has 1 fully saturated rings. The molecule has 2 aromatic heterocycles. The maximum Gasteiger partial charge on any atom is 0.433 e. The average molecular weight is 465 g/mol. The molecule has 0 saturated heterocycles. The molecule has 0 unspecified atom stereocenters. The molecule has 0 aliphatic heterocycles. The van der Waals surface area contributed by atoms with E-state index in [4.69, 9.17) is 11.6 Å². The lowest BCUT2D eigenvalue weighted by Gasteiger charge is -2.31. The first-order valence-corrected chi connectivity index (χ1v) is 11.0. The number of aryl methyl sites for hydroxylation is 1. The number of pyridine rings is 1. The van der Waals surface area contributed by atoms with Crippen molar-refractivity contribution in [1.82, 2.24) is 15.3 Å². The summed E-state index contributed by atoms with van der Waals surface area (Å²) in [4.78, 5) is 19.5. The fourth-order valence-corrected chi connectivity index (χ4v) is 4.48. The van der Waals surface area contributed by atoms with Crippen LogP contribution in [0.3, 0.4) is 0 Å². The highest BCUT2D eigenvalue weighted by Gasteiger charge is 2.34. The molecule has 0 spiro atoms. The number of hydrogen-bond donors (Lipinski definition) is 3. The number of aromatic nitrogens is 2. The number of rotatable bonds is 5. The standard InChI is InChI=1S/C23H24ClF3N4O/c1-2-18-16(8-9-28-18)22(32)30-15-5-3-4-14(11-15)29-20-12-21(23(25,26)27)31-19-7-6-13(24)10-17(19)20/h6-10,12,14-15,28H,2-5,11H2,1H3,(H,29,31)(H,30,32)/t14-,15+/m0/s1. The van der Waals surface area contributed by atoms with Crippen LogP contribution in [0, 0.1) is 0 Å². The molecule has 170 valence electrons. The van der Waals surface area contributed by atoms with E-state index in [0.717, 1.165) is 37.4 Å². The molecule has 1 aliphatic rings. The SMILES string of the molecule is CCc1[nH]ccc1C(=O)N[C@@H]1CCC[C@H](Nc2cc(C(F)(F)F)nc3ccc(Cl)cc23)C1. The molecule has 32 heavy (non-hydrogen) atoms. The second-order valence-electron chi connectivity index (χ2n) is 8.12. The smallest absolute Gasteiger partial charge is 0.382 e. The van der Waals surface area contributed by atoms with E-state index in [2.05, 4.69) is 20.6 Å². The minimum atomic E-state index is -4.55. The third-order valence-corrected chi connectivity index (χ3v) is 6.10. The molecule has 0 bridgehead atoms. The van der Waals surface area contributed by atoms with Gasteiger partial charge in [-0.2, -0.15) is 13.2 Å². The number of nitrogens with one attached hydrogen (secondary N) is 3. The molecule has 2 atom stereocenters. The van der Waals surface area contributed by atoms with Crippen molar-refractivity contribution in [2.75, 3.05) is 5.32 Å². The molecule has 1 aliphatic carbocycles. The highest BCUT2D eigenvalue weighted by atomic mass is 35.5. The summed E-state index contributed by atoms with van der Waals surface area (Å²) in [5, 5.41) is 7.31. The number of hydrogen-bond acceptors (Lipinski definition) is 3. The predicted molar refractivity (Wildman–Crippen MR) is 119 cm³/mol. The van der Waals surface area contributed by atoms with Crippen LogP contribution in [0.1, 0.15) is 54.4 Å². The number of halogens is 4. The topological polar surface area (TPSA) is 69.8 Å². The number of alkyl halides is 3. The van der Waals surface area contributed by atoms with Crippen molar-refractivity contribution >= 4 is 34.1 Å². The molecule has 3 N–H and O–H groups in total. The van der Waals surface area contributed by atoms with E-state index in [1.54, 1.807) is 18.3 Å². The highest BCUT2D eigenvalue weighted by Crippen LogP contribution is 2.35. The Labute approximate surface area is 188 Å². The maximum absolute atomic E-state index is 13.4. The van der Waals surface area contributed by atoms with Crippen molar-refractivity contribution in [3.63, 3.8) is 0 Å². The zero-order valence-electron chi connectivity index (χ0n) is 17.5. The molecule has 1 amide bonds. The van der Waals surface area contributed by atoms with E-state index in [-0.39, 0.29) is 23.5 Å². The van der Waals surface area contributed by atoms with Crippen LogP contribution < -0.4 is 10.6 Å². The first kappa shape index (κ1) is 22.5. The number of nitrogens with zero attached hydrogens (tertiary/aromatic N) is 1. The molecule has 3 aromatic rings. The summed E-state index contributed by atoms with van der Waals surface area (Å²) in [6.07, 6.45) is 1.01. The first-order chi connectivity index (χ1) is 15.2. The Morgan fingerprint density at radius 2 is 2.00 bits per heavy atom. The summed E-state index contributed by atoms with van der Waals surface area (Å²) in [7, 11) is 0. The molecule has 1 aromatic carbocycles. The van der Waals surface area contributed by atoms with Gasteiger partial charge in [0.05, 0.1) is 11.1 Å². The Kier molecular flexibility index (Phi) is 6.33. The minimum absolute atomic E-state index is 0.0628. The molecule has 5 nitrogen and oxygen atoms in total. The molecule has 2 heterocycles. The van der Waals surface area contributed by atoms with Crippen molar-refractivity contribution in [3.05, 3.63) is 58.5 Å². The van der Waals surface area contributed by atoms with Gasteiger partial charge in [-0.1, -0.05) is 18.5 Å². The third kappa shape index (κ3) is 4.85. The predicted octanol–water partition coefficient (Wildman–Crippen LogP) is 5.95. The maximum atomic E-state index is 13.4. The molecule has 0 radical (unpaired) electrons. The van der Waals surface area contributed by atoms with Gasteiger partial charge in [-0.05, 0) is 62.4 Å². The second kappa shape index (κ2) is 9.02. The van der Waals surface area contributed by atoms with Gasteiger partial charge < -0.3 is 15.6 Å². The Hall–Kier alpha value is -2.74. The molecular formula is C23H24ClF3N4O. The van der Waals surface area contributed by atoms with Gasteiger partial charge in [0.15, 0.2) is 0 Å². The van der Waals surface area contributed by atoms with Crippen molar-refractivity contribution in [1.29, 1.82) is 0 Å². The number of aromatic amines is 1. The lowest BCUT2D eigenvalue weighted by molar-refractivity contribution is -0.140. The van der Waals surface area contributed by atoms with E-state index in [1.807, 2.05) is 6.92 Å². The number of anilines is 1. The van der Waals surface area contributed by atoms with Gasteiger partial charge in [0, 0.05) is 40.1 Å². The van der Waals surface area contributed by atoms with Crippen molar-refractivity contribution in [3.8, 4) is 0 Å². The van der Waals surface area contributed by atoms with Gasteiger partial charge >= 0.3 is 6.18 Å². The largest absolute Gasteiger partial charge is 0.433 e. The fraction of sp³-hybridized carbons (Fsp3) is 0.391. The van der Waals surface area contributed by atoms with Crippen molar-refractivity contribution in [2.45, 2.75) is 57.3 Å². The summed E-state index contributed by atoms with van der Waals surface area (Å²) in [5.74, 6) is -0.130. The van der Waals surface area contributed by atoms with E-state index < -0.39 is 11.9 Å². The number of amides is 1. The van der Waals surface area contributed by atoms with Gasteiger partial charge in [-0.3, -0.25) is 4.79 Å². The van der Waals surface area contributed by atoms with Crippen LogP contribution in [0.25, 0.3) is 10.9 Å². The Morgan fingerprint density at radius 1 is 1.22 bits per heavy atom. The third-order valence-electron chi connectivity index (χ3n) is 5.86. The van der Waals surface area contributed by atoms with Crippen LogP contribution in [0.2, 0.25) is 5.02 Å². The van der Waals surface area contributed by atoms with Crippen LogP contribution >= 0.6 is 11.6 Å². The summed E-state index contributed by atoms with van der Waals surface area (Å²) < 4.78 is 40.2. The van der Waals surface area contributed by atoms with E-state index in [0.29, 0.717) is 28.1 Å². The van der Waals surface area contributed by atoms with Crippen molar-refractivity contribution in [2.24, 2.45) is 0 Å². The number of carbonyl (C=O) groups is 1. The Bertz CT molecular complexity index is 1130. The Morgan fingerprint density at radius 3 is 2.75 bits per heavy atom.